The van der Waals surface area contributed by atoms with Crippen molar-refractivity contribution >= 4 is 21.4 Å². The van der Waals surface area contributed by atoms with Crippen molar-refractivity contribution in [1.82, 2.24) is 4.98 Å². The Morgan fingerprint density at radius 2 is 2.00 bits per heavy atom. The minimum Gasteiger partial charge on any atom is -0.372 e. The Balaban J connectivity index is 2.24. The maximum atomic E-state index is 11.2. The van der Waals surface area contributed by atoms with Crippen LogP contribution in [0.25, 0.3) is 11.3 Å². The molecule has 0 amide bonds. The first kappa shape index (κ1) is 15.1. The van der Waals surface area contributed by atoms with Gasteiger partial charge in [-0.3, -0.25) is 0 Å². The van der Waals surface area contributed by atoms with Crippen LogP contribution in [0.1, 0.15) is 25.0 Å². The molecule has 0 spiro atoms. The van der Waals surface area contributed by atoms with Crippen LogP contribution in [0.15, 0.2) is 34.5 Å². The van der Waals surface area contributed by atoms with E-state index in [1.165, 1.54) is 23.5 Å². The maximum absolute atomic E-state index is 11.2. The van der Waals surface area contributed by atoms with Crippen molar-refractivity contribution in [2.24, 2.45) is 5.14 Å². The van der Waals surface area contributed by atoms with Gasteiger partial charge >= 0.3 is 0 Å². The van der Waals surface area contributed by atoms with Crippen LogP contribution in [-0.4, -0.2) is 20.0 Å². The standard InChI is InChI=1S/C13H16N2O3S2/c1-3-18-9(2)13-15-12(8-19-13)10-4-6-11(7-5-10)20(14,16)17/h4-9H,3H2,1-2H3,(H2,14,16,17)/t9-/m1/s1. The summed E-state index contributed by atoms with van der Waals surface area (Å²) in [6.07, 6.45) is -0.0394. The van der Waals surface area contributed by atoms with Crippen LogP contribution >= 0.6 is 11.3 Å². The second kappa shape index (κ2) is 6.01. The fraction of sp³-hybridized carbons (Fsp3) is 0.308. The van der Waals surface area contributed by atoms with E-state index in [1.54, 1.807) is 12.1 Å². The van der Waals surface area contributed by atoms with E-state index >= 15 is 0 Å². The van der Waals surface area contributed by atoms with Gasteiger partial charge < -0.3 is 4.74 Å². The lowest BCUT2D eigenvalue weighted by Gasteiger charge is -2.07. The number of ether oxygens (including phenoxy) is 1. The van der Waals surface area contributed by atoms with Crippen molar-refractivity contribution < 1.29 is 13.2 Å². The van der Waals surface area contributed by atoms with Gasteiger partial charge in [-0.25, -0.2) is 18.5 Å². The second-order valence-corrected chi connectivity index (χ2v) is 6.69. The number of primary sulfonamides is 1. The Morgan fingerprint density at radius 1 is 1.35 bits per heavy atom. The van der Waals surface area contributed by atoms with E-state index in [2.05, 4.69) is 4.98 Å². The average Bonchev–Trinajstić information content (AvgIpc) is 2.88. The van der Waals surface area contributed by atoms with Gasteiger partial charge in [0.15, 0.2) is 0 Å². The zero-order chi connectivity index (χ0) is 14.8. The Labute approximate surface area is 122 Å². The molecule has 0 aliphatic rings. The van der Waals surface area contributed by atoms with E-state index in [1.807, 2.05) is 19.2 Å². The Bertz CT molecular complexity index is 678. The molecule has 0 fully saturated rings. The van der Waals surface area contributed by atoms with E-state index < -0.39 is 10.0 Å². The normalized spacial score (nSPS) is 13.3. The summed E-state index contributed by atoms with van der Waals surface area (Å²) < 4.78 is 27.9. The van der Waals surface area contributed by atoms with Gasteiger partial charge in [-0.05, 0) is 26.0 Å². The first-order chi connectivity index (χ1) is 9.41. The van der Waals surface area contributed by atoms with Gasteiger partial charge in [-0.2, -0.15) is 0 Å². The number of thiazole rings is 1. The third-order valence-electron chi connectivity index (χ3n) is 2.76. The summed E-state index contributed by atoms with van der Waals surface area (Å²) in [6, 6.07) is 6.36. The summed E-state index contributed by atoms with van der Waals surface area (Å²) in [6.45, 7) is 4.53. The topological polar surface area (TPSA) is 82.3 Å². The SMILES string of the molecule is CCO[C@H](C)c1nc(-c2ccc(S(N)(=O)=O)cc2)cs1. The summed E-state index contributed by atoms with van der Waals surface area (Å²) in [5, 5.41) is 7.89. The molecular formula is C13H16N2O3S2. The molecule has 0 aliphatic carbocycles. The lowest BCUT2D eigenvalue weighted by Crippen LogP contribution is -2.11. The first-order valence-electron chi connectivity index (χ1n) is 6.12. The van der Waals surface area contributed by atoms with Crippen molar-refractivity contribution in [2.75, 3.05) is 6.61 Å². The number of nitrogens with two attached hydrogens (primary N) is 1. The summed E-state index contributed by atoms with van der Waals surface area (Å²) in [5.41, 5.74) is 1.65. The largest absolute Gasteiger partial charge is 0.372 e. The zero-order valence-electron chi connectivity index (χ0n) is 11.2. The Kier molecular flexibility index (Phi) is 4.54. The van der Waals surface area contributed by atoms with Crippen LogP contribution in [0.3, 0.4) is 0 Å². The summed E-state index contributed by atoms with van der Waals surface area (Å²) in [5.74, 6) is 0. The molecule has 20 heavy (non-hydrogen) atoms. The fourth-order valence-corrected chi connectivity index (χ4v) is 3.09. The molecule has 108 valence electrons. The molecule has 0 unspecified atom stereocenters. The molecule has 1 aromatic carbocycles. The molecule has 5 nitrogen and oxygen atoms in total. The van der Waals surface area contributed by atoms with Gasteiger partial charge in [0.05, 0.1) is 10.6 Å². The van der Waals surface area contributed by atoms with Crippen LogP contribution in [0.5, 0.6) is 0 Å². The van der Waals surface area contributed by atoms with E-state index in [4.69, 9.17) is 9.88 Å². The van der Waals surface area contributed by atoms with E-state index in [-0.39, 0.29) is 11.0 Å². The molecule has 0 saturated heterocycles. The van der Waals surface area contributed by atoms with Crippen LogP contribution in [0.4, 0.5) is 0 Å². The number of rotatable bonds is 5. The molecular weight excluding hydrogens is 296 g/mol. The predicted octanol–water partition coefficient (Wildman–Crippen LogP) is 2.56. The zero-order valence-corrected chi connectivity index (χ0v) is 12.9. The number of nitrogens with zero attached hydrogens (tertiary/aromatic N) is 1. The quantitative estimate of drug-likeness (QED) is 0.919. The predicted molar refractivity (Wildman–Crippen MR) is 79.0 cm³/mol. The smallest absolute Gasteiger partial charge is 0.238 e. The fourth-order valence-electron chi connectivity index (χ4n) is 1.74. The highest BCUT2D eigenvalue weighted by molar-refractivity contribution is 7.89. The molecule has 1 heterocycles. The van der Waals surface area contributed by atoms with Crippen LogP contribution in [0, 0.1) is 0 Å². The molecule has 1 aromatic heterocycles. The van der Waals surface area contributed by atoms with Crippen LogP contribution in [-0.2, 0) is 14.8 Å². The highest BCUT2D eigenvalue weighted by atomic mass is 32.2. The highest BCUT2D eigenvalue weighted by Gasteiger charge is 2.12. The van der Waals surface area contributed by atoms with Crippen molar-refractivity contribution in [3.05, 3.63) is 34.7 Å². The Morgan fingerprint density at radius 3 is 2.55 bits per heavy atom. The second-order valence-electron chi connectivity index (χ2n) is 4.24. The molecule has 0 bridgehead atoms. The van der Waals surface area contributed by atoms with Gasteiger partial charge in [-0.1, -0.05) is 12.1 Å². The molecule has 0 radical (unpaired) electrons. The average molecular weight is 312 g/mol. The third kappa shape index (κ3) is 3.43. The molecule has 7 heteroatoms. The van der Waals surface area contributed by atoms with E-state index in [0.717, 1.165) is 16.3 Å². The number of sulfonamides is 1. The van der Waals surface area contributed by atoms with Crippen LogP contribution in [0.2, 0.25) is 0 Å². The van der Waals surface area contributed by atoms with Crippen LogP contribution < -0.4 is 5.14 Å². The molecule has 1 atom stereocenters. The summed E-state index contributed by atoms with van der Waals surface area (Å²) in [4.78, 5) is 4.60. The molecule has 2 rings (SSSR count). The van der Waals surface area contributed by atoms with Gasteiger partial charge in [0, 0.05) is 17.6 Å². The number of hydrogen-bond acceptors (Lipinski definition) is 5. The van der Waals surface area contributed by atoms with Crippen molar-refractivity contribution in [2.45, 2.75) is 24.8 Å². The van der Waals surface area contributed by atoms with Gasteiger partial charge in [0.25, 0.3) is 0 Å². The lowest BCUT2D eigenvalue weighted by atomic mass is 10.2. The van der Waals surface area contributed by atoms with Crippen molar-refractivity contribution in [1.29, 1.82) is 0 Å². The molecule has 0 aliphatic heterocycles. The number of benzene rings is 1. The van der Waals surface area contributed by atoms with Gasteiger partial charge in [0.1, 0.15) is 11.1 Å². The lowest BCUT2D eigenvalue weighted by molar-refractivity contribution is 0.0762. The Hall–Kier alpha value is -1.28. The van der Waals surface area contributed by atoms with Crippen molar-refractivity contribution in [3.63, 3.8) is 0 Å². The minimum absolute atomic E-state index is 0.0394. The minimum atomic E-state index is -3.66. The van der Waals surface area contributed by atoms with Gasteiger partial charge in [-0.15, -0.1) is 11.3 Å². The maximum Gasteiger partial charge on any atom is 0.238 e. The van der Waals surface area contributed by atoms with E-state index in [9.17, 15) is 8.42 Å². The summed E-state index contributed by atoms with van der Waals surface area (Å²) in [7, 11) is -3.66. The first-order valence-corrected chi connectivity index (χ1v) is 8.54. The summed E-state index contributed by atoms with van der Waals surface area (Å²) >= 11 is 1.52. The number of aromatic nitrogens is 1. The number of hydrogen-bond donors (Lipinski definition) is 1. The van der Waals surface area contributed by atoms with Gasteiger partial charge in [0.2, 0.25) is 10.0 Å². The monoisotopic (exact) mass is 312 g/mol. The third-order valence-corrected chi connectivity index (χ3v) is 4.70. The molecule has 0 saturated carbocycles. The van der Waals surface area contributed by atoms with E-state index in [0.29, 0.717) is 6.61 Å². The molecule has 2 N–H and O–H groups in total. The highest BCUT2D eigenvalue weighted by Crippen LogP contribution is 2.27. The molecule has 2 aromatic rings. The van der Waals surface area contributed by atoms with Crippen molar-refractivity contribution in [3.8, 4) is 11.3 Å².